The average Bonchev–Trinajstić information content (AvgIpc) is 2.97. The summed E-state index contributed by atoms with van der Waals surface area (Å²) in [6.07, 6.45) is 3.38. The quantitative estimate of drug-likeness (QED) is 0.362. The fourth-order valence-electron chi connectivity index (χ4n) is 1.81. The third kappa shape index (κ3) is 2.20. The predicted molar refractivity (Wildman–Crippen MR) is 66.5 cm³/mol. The Bertz CT molecular complexity index is 553. The minimum absolute atomic E-state index is 0.0793. The van der Waals surface area contributed by atoms with Crippen LogP contribution < -0.4 is 5.73 Å². The lowest BCUT2D eigenvalue weighted by atomic mass is 10.3. The zero-order valence-corrected chi connectivity index (χ0v) is 10.4. The molecule has 2 aromatic heterocycles. The highest BCUT2D eigenvalue weighted by atomic mass is 16.4. The van der Waals surface area contributed by atoms with E-state index in [1.807, 2.05) is 35.4 Å². The molecule has 3 N–H and O–H groups in total. The number of rotatable bonds is 4. The van der Waals surface area contributed by atoms with Crippen LogP contribution in [0.2, 0.25) is 0 Å². The van der Waals surface area contributed by atoms with E-state index in [1.54, 1.807) is 6.07 Å². The second kappa shape index (κ2) is 4.91. The Morgan fingerprint density at radius 1 is 1.56 bits per heavy atom. The fraction of sp³-hybridized carbons (Fsp3) is 0.364. The summed E-state index contributed by atoms with van der Waals surface area (Å²) >= 11 is 0. The first kappa shape index (κ1) is 12.2. The van der Waals surface area contributed by atoms with Crippen LogP contribution in [0.25, 0.3) is 0 Å². The van der Waals surface area contributed by atoms with Gasteiger partial charge in [-0.05, 0) is 26.0 Å². The molecule has 0 unspecified atom stereocenters. The van der Waals surface area contributed by atoms with Crippen molar-refractivity contribution in [2.45, 2.75) is 26.4 Å². The number of hydrogen-bond acceptors (Lipinski definition) is 4. The van der Waals surface area contributed by atoms with Crippen LogP contribution in [0.3, 0.4) is 0 Å². The number of oxime groups is 1. The van der Waals surface area contributed by atoms with Gasteiger partial charge >= 0.3 is 0 Å². The zero-order valence-electron chi connectivity index (χ0n) is 10.4. The minimum atomic E-state index is 0.0793. The van der Waals surface area contributed by atoms with Gasteiger partial charge in [0.25, 0.3) is 0 Å². The van der Waals surface area contributed by atoms with Gasteiger partial charge in [0.15, 0.2) is 5.84 Å². The molecule has 0 atom stereocenters. The fourth-order valence-corrected chi connectivity index (χ4v) is 1.81. The monoisotopic (exact) mass is 248 g/mol. The Morgan fingerprint density at radius 2 is 2.33 bits per heavy atom. The molecule has 2 rings (SSSR count). The highest BCUT2D eigenvalue weighted by Gasteiger charge is 2.11. The molecule has 0 fully saturated rings. The van der Waals surface area contributed by atoms with Crippen LogP contribution in [-0.4, -0.2) is 30.4 Å². The highest BCUT2D eigenvalue weighted by molar-refractivity contribution is 5.95. The van der Waals surface area contributed by atoms with Gasteiger partial charge in [0, 0.05) is 12.2 Å². The first-order chi connectivity index (χ1) is 8.63. The molecule has 18 heavy (non-hydrogen) atoms. The lowest BCUT2D eigenvalue weighted by molar-refractivity contribution is 0.318. The van der Waals surface area contributed by atoms with E-state index < -0.39 is 0 Å². The molecule has 0 aliphatic rings. The molecule has 0 saturated heterocycles. The average molecular weight is 248 g/mol. The van der Waals surface area contributed by atoms with E-state index in [2.05, 4.69) is 15.2 Å². The van der Waals surface area contributed by atoms with Crippen molar-refractivity contribution in [3.63, 3.8) is 0 Å². The Balaban J connectivity index is 2.29. The van der Waals surface area contributed by atoms with Crippen molar-refractivity contribution in [1.29, 1.82) is 0 Å². The van der Waals surface area contributed by atoms with Gasteiger partial charge in [-0.25, -0.2) is 9.67 Å². The van der Waals surface area contributed by atoms with Crippen molar-refractivity contribution < 1.29 is 5.21 Å². The van der Waals surface area contributed by atoms with E-state index in [0.29, 0.717) is 12.2 Å². The molecule has 2 heterocycles. The first-order valence-corrected chi connectivity index (χ1v) is 5.65. The summed E-state index contributed by atoms with van der Waals surface area (Å²) in [6, 6.07) is 3.86. The molecule has 96 valence electrons. The summed E-state index contributed by atoms with van der Waals surface area (Å²) in [7, 11) is 0. The van der Waals surface area contributed by atoms with E-state index in [9.17, 15) is 0 Å². The lowest BCUT2D eigenvalue weighted by Crippen LogP contribution is -2.20. The predicted octanol–water partition coefficient (Wildman–Crippen LogP) is 0.803. The molecule has 7 nitrogen and oxygen atoms in total. The number of aromatic nitrogens is 4. The topological polar surface area (TPSA) is 94.2 Å². The van der Waals surface area contributed by atoms with Gasteiger partial charge in [0.05, 0.1) is 12.2 Å². The summed E-state index contributed by atoms with van der Waals surface area (Å²) in [5.41, 5.74) is 6.25. The van der Waals surface area contributed by atoms with E-state index >= 15 is 0 Å². The van der Waals surface area contributed by atoms with E-state index in [-0.39, 0.29) is 11.9 Å². The van der Waals surface area contributed by atoms with Crippen LogP contribution in [0.1, 0.15) is 31.4 Å². The van der Waals surface area contributed by atoms with Gasteiger partial charge in [0.1, 0.15) is 12.2 Å². The second-order valence-corrected chi connectivity index (χ2v) is 4.22. The standard InChI is InChI=1S/C11H16N6O/c1-8(2)17-10(13-7-14-17)6-16-5-3-4-9(16)11(12)15-18/h3-5,7-8,18H,6H2,1-2H3,(H2,12,15). The van der Waals surface area contributed by atoms with E-state index in [0.717, 1.165) is 5.82 Å². The third-order valence-electron chi connectivity index (χ3n) is 2.65. The van der Waals surface area contributed by atoms with E-state index in [1.165, 1.54) is 6.33 Å². The molecule has 7 heteroatoms. The number of hydrogen-bond donors (Lipinski definition) is 2. The molecule has 0 bridgehead atoms. The first-order valence-electron chi connectivity index (χ1n) is 5.65. The summed E-state index contributed by atoms with van der Waals surface area (Å²) in [5.74, 6) is 0.906. The van der Waals surface area contributed by atoms with Gasteiger partial charge in [0.2, 0.25) is 0 Å². The SMILES string of the molecule is CC(C)n1ncnc1Cn1cccc1/C(N)=N/O. The Morgan fingerprint density at radius 3 is 3.00 bits per heavy atom. The smallest absolute Gasteiger partial charge is 0.186 e. The van der Waals surface area contributed by atoms with Crippen molar-refractivity contribution in [1.82, 2.24) is 19.3 Å². The summed E-state index contributed by atoms with van der Waals surface area (Å²) in [6.45, 7) is 4.60. The molecule has 0 amide bonds. The van der Waals surface area contributed by atoms with Gasteiger partial charge in [-0.2, -0.15) is 5.10 Å². The van der Waals surface area contributed by atoms with Gasteiger partial charge in [-0.3, -0.25) is 0 Å². The van der Waals surface area contributed by atoms with Crippen molar-refractivity contribution in [3.05, 3.63) is 36.2 Å². The van der Waals surface area contributed by atoms with Gasteiger partial charge < -0.3 is 15.5 Å². The molecular formula is C11H16N6O. The molecule has 0 aromatic carbocycles. The van der Waals surface area contributed by atoms with Crippen LogP contribution in [0.15, 0.2) is 29.8 Å². The normalized spacial score (nSPS) is 12.3. The van der Waals surface area contributed by atoms with Crippen LogP contribution in [0.4, 0.5) is 0 Å². The van der Waals surface area contributed by atoms with Crippen molar-refractivity contribution in [2.75, 3.05) is 0 Å². The highest BCUT2D eigenvalue weighted by Crippen LogP contribution is 2.09. The van der Waals surface area contributed by atoms with Crippen LogP contribution in [-0.2, 0) is 6.54 Å². The number of nitrogens with two attached hydrogens (primary N) is 1. The van der Waals surface area contributed by atoms with E-state index in [4.69, 9.17) is 10.9 Å². The molecular weight excluding hydrogens is 232 g/mol. The number of nitrogens with zero attached hydrogens (tertiary/aromatic N) is 5. The number of amidine groups is 1. The lowest BCUT2D eigenvalue weighted by Gasteiger charge is -2.11. The Kier molecular flexibility index (Phi) is 3.31. The largest absolute Gasteiger partial charge is 0.409 e. The molecule has 0 aliphatic carbocycles. The molecule has 0 saturated carbocycles. The van der Waals surface area contributed by atoms with Crippen LogP contribution in [0.5, 0.6) is 0 Å². The van der Waals surface area contributed by atoms with Gasteiger partial charge in [-0.15, -0.1) is 0 Å². The van der Waals surface area contributed by atoms with Crippen molar-refractivity contribution >= 4 is 5.84 Å². The second-order valence-electron chi connectivity index (χ2n) is 4.22. The zero-order chi connectivity index (χ0) is 13.1. The van der Waals surface area contributed by atoms with Crippen molar-refractivity contribution in [3.8, 4) is 0 Å². The molecule has 0 aliphatic heterocycles. The maximum Gasteiger partial charge on any atom is 0.186 e. The summed E-state index contributed by atoms with van der Waals surface area (Å²) < 4.78 is 3.70. The Hall–Kier alpha value is -2.31. The maximum absolute atomic E-state index is 8.72. The van der Waals surface area contributed by atoms with Crippen molar-refractivity contribution in [2.24, 2.45) is 10.9 Å². The molecule has 0 radical (unpaired) electrons. The summed E-state index contributed by atoms with van der Waals surface area (Å²) in [5, 5.41) is 15.9. The minimum Gasteiger partial charge on any atom is -0.409 e. The van der Waals surface area contributed by atoms with Crippen LogP contribution >= 0.6 is 0 Å². The molecule has 2 aromatic rings. The molecule has 0 spiro atoms. The summed E-state index contributed by atoms with van der Waals surface area (Å²) in [4.78, 5) is 4.23. The third-order valence-corrected chi connectivity index (χ3v) is 2.65. The maximum atomic E-state index is 8.72. The van der Waals surface area contributed by atoms with Crippen LogP contribution in [0, 0.1) is 0 Å². The Labute approximate surface area is 105 Å². The van der Waals surface area contributed by atoms with Gasteiger partial charge in [-0.1, -0.05) is 5.16 Å².